The zero-order valence-corrected chi connectivity index (χ0v) is 17.3. The number of hydrogen-bond acceptors (Lipinski definition) is 3. The molecule has 3 aromatic rings. The number of rotatable bonds is 4. The van der Waals surface area contributed by atoms with Gasteiger partial charge in [0, 0.05) is 36.0 Å². The summed E-state index contributed by atoms with van der Waals surface area (Å²) in [7, 11) is -2.08. The molecule has 1 saturated heterocycles. The van der Waals surface area contributed by atoms with Crippen LogP contribution in [-0.2, 0) is 16.4 Å². The van der Waals surface area contributed by atoms with Crippen molar-refractivity contribution in [2.45, 2.75) is 30.2 Å². The van der Waals surface area contributed by atoms with Gasteiger partial charge in [-0.15, -0.1) is 0 Å². The summed E-state index contributed by atoms with van der Waals surface area (Å²) >= 11 is 0. The molecule has 0 radical (unpaired) electrons. The summed E-state index contributed by atoms with van der Waals surface area (Å²) in [6.07, 6.45) is 1.97. The summed E-state index contributed by atoms with van der Waals surface area (Å²) in [5, 5.41) is 1.26. The second-order valence-corrected chi connectivity index (χ2v) is 9.78. The van der Waals surface area contributed by atoms with Gasteiger partial charge in [0.2, 0.25) is 10.0 Å². The smallest absolute Gasteiger partial charge is 0.258 e. The van der Waals surface area contributed by atoms with Crippen LogP contribution in [0.25, 0.3) is 10.8 Å². The van der Waals surface area contributed by atoms with Gasteiger partial charge in [0.05, 0.1) is 10.6 Å². The Balaban J connectivity index is 1.57. The van der Waals surface area contributed by atoms with Crippen molar-refractivity contribution >= 4 is 32.4 Å². The Morgan fingerprint density at radius 2 is 1.90 bits per heavy atom. The van der Waals surface area contributed by atoms with Crippen molar-refractivity contribution in [3.63, 3.8) is 0 Å². The molecule has 0 spiro atoms. The molecule has 7 heteroatoms. The van der Waals surface area contributed by atoms with Crippen LogP contribution in [-0.4, -0.2) is 38.3 Å². The highest BCUT2D eigenvalue weighted by Gasteiger charge is 2.37. The number of carbonyl (C=O) groups excluding carboxylic acids is 1. The van der Waals surface area contributed by atoms with E-state index in [1.54, 1.807) is 52.7 Å². The third-order valence-electron chi connectivity index (χ3n) is 6.15. The average molecular weight is 424 g/mol. The summed E-state index contributed by atoms with van der Waals surface area (Å²) in [5.74, 6) is -0.448. The molecule has 2 aliphatic rings. The second-order valence-electron chi connectivity index (χ2n) is 7.92. The number of amides is 1. The van der Waals surface area contributed by atoms with E-state index in [2.05, 4.69) is 0 Å². The van der Waals surface area contributed by atoms with E-state index in [0.29, 0.717) is 29.3 Å². The number of sulfonamides is 1. The van der Waals surface area contributed by atoms with Crippen molar-refractivity contribution in [2.24, 2.45) is 0 Å². The second kappa shape index (κ2) is 6.89. The summed E-state index contributed by atoms with van der Waals surface area (Å²) < 4.78 is 42.5. The van der Waals surface area contributed by atoms with Gasteiger partial charge in [-0.3, -0.25) is 4.79 Å². The first kappa shape index (κ1) is 19.2. The minimum absolute atomic E-state index is 0.129. The van der Waals surface area contributed by atoms with Gasteiger partial charge in [-0.1, -0.05) is 24.3 Å². The summed E-state index contributed by atoms with van der Waals surface area (Å²) in [6.45, 7) is 0.435. The number of halogens is 1. The molecule has 1 fully saturated rings. The Kier molecular flexibility index (Phi) is 4.41. The maximum absolute atomic E-state index is 13.7. The first-order valence-electron chi connectivity index (χ1n) is 9.98. The van der Waals surface area contributed by atoms with Crippen LogP contribution in [0.4, 0.5) is 10.1 Å². The molecule has 5 rings (SSSR count). The van der Waals surface area contributed by atoms with Crippen LogP contribution in [0.1, 0.15) is 28.8 Å². The van der Waals surface area contributed by atoms with Gasteiger partial charge in [0.1, 0.15) is 5.82 Å². The van der Waals surface area contributed by atoms with E-state index in [1.165, 1.54) is 12.1 Å². The lowest BCUT2D eigenvalue weighted by atomic mass is 10.0. The monoisotopic (exact) mass is 424 g/mol. The number of carbonyl (C=O) groups is 1. The topological polar surface area (TPSA) is 57.7 Å². The molecule has 0 bridgehead atoms. The Bertz CT molecular complexity index is 1290. The molecule has 0 aliphatic carbocycles. The largest absolute Gasteiger partial charge is 0.311 e. The normalized spacial score (nSPS) is 19.2. The maximum Gasteiger partial charge on any atom is 0.258 e. The molecular weight excluding hydrogens is 403 g/mol. The number of hydrogen-bond donors (Lipinski definition) is 0. The molecule has 2 heterocycles. The molecule has 0 N–H and O–H groups in total. The highest BCUT2D eigenvalue weighted by atomic mass is 32.2. The molecule has 1 atom stereocenters. The lowest BCUT2D eigenvalue weighted by molar-refractivity contribution is 0.0999. The van der Waals surface area contributed by atoms with Gasteiger partial charge in [0.15, 0.2) is 0 Å². The summed E-state index contributed by atoms with van der Waals surface area (Å²) in [6, 6.07) is 14.6. The minimum Gasteiger partial charge on any atom is -0.311 e. The predicted molar refractivity (Wildman–Crippen MR) is 114 cm³/mol. The Morgan fingerprint density at radius 3 is 2.70 bits per heavy atom. The zero-order chi connectivity index (χ0) is 21.0. The van der Waals surface area contributed by atoms with Gasteiger partial charge >= 0.3 is 0 Å². The van der Waals surface area contributed by atoms with Crippen molar-refractivity contribution < 1.29 is 17.6 Å². The molecule has 154 valence electrons. The Labute approximate surface area is 174 Å². The fourth-order valence-corrected chi connectivity index (χ4v) is 6.61. The van der Waals surface area contributed by atoms with E-state index < -0.39 is 10.0 Å². The quantitative estimate of drug-likeness (QED) is 0.637. The molecule has 0 saturated carbocycles. The van der Waals surface area contributed by atoms with Gasteiger partial charge in [-0.05, 0) is 55.2 Å². The van der Waals surface area contributed by atoms with Gasteiger partial charge < -0.3 is 4.90 Å². The average Bonchev–Trinajstić information content (AvgIpc) is 3.29. The van der Waals surface area contributed by atoms with Crippen molar-refractivity contribution in [1.29, 1.82) is 0 Å². The van der Waals surface area contributed by atoms with Crippen LogP contribution in [0.3, 0.4) is 0 Å². The van der Waals surface area contributed by atoms with Crippen LogP contribution in [0.15, 0.2) is 59.5 Å². The number of nitrogens with zero attached hydrogens (tertiary/aromatic N) is 2. The Hall–Kier alpha value is -2.77. The van der Waals surface area contributed by atoms with E-state index in [1.807, 2.05) is 6.07 Å². The molecule has 1 unspecified atom stereocenters. The zero-order valence-electron chi connectivity index (χ0n) is 16.5. The van der Waals surface area contributed by atoms with Gasteiger partial charge in [-0.25, -0.2) is 12.8 Å². The van der Waals surface area contributed by atoms with E-state index in [9.17, 15) is 17.6 Å². The fraction of sp³-hybridized carbons (Fsp3) is 0.261. The molecule has 1 amide bonds. The van der Waals surface area contributed by atoms with Gasteiger partial charge in [-0.2, -0.15) is 4.31 Å². The van der Waals surface area contributed by atoms with Crippen LogP contribution in [0.5, 0.6) is 0 Å². The molecule has 5 nitrogen and oxygen atoms in total. The van der Waals surface area contributed by atoms with Crippen LogP contribution >= 0.6 is 0 Å². The van der Waals surface area contributed by atoms with E-state index in [4.69, 9.17) is 0 Å². The highest BCUT2D eigenvalue weighted by molar-refractivity contribution is 7.89. The summed E-state index contributed by atoms with van der Waals surface area (Å²) in [5.41, 5.74) is 2.04. The third-order valence-corrected chi connectivity index (χ3v) is 8.16. The van der Waals surface area contributed by atoms with Crippen molar-refractivity contribution in [1.82, 2.24) is 4.31 Å². The van der Waals surface area contributed by atoms with Crippen LogP contribution in [0.2, 0.25) is 0 Å². The van der Waals surface area contributed by atoms with E-state index in [-0.39, 0.29) is 22.7 Å². The molecular formula is C23H21FN2O3S. The van der Waals surface area contributed by atoms with E-state index in [0.717, 1.165) is 24.1 Å². The van der Waals surface area contributed by atoms with Crippen molar-refractivity contribution in [2.75, 3.05) is 18.5 Å². The standard InChI is InChI=1S/C23H21FN2O3S/c1-25-20-10-11-21(18-8-3-9-19(22(18)20)23(25)27)30(28,29)26-12-4-7-17(26)14-15-5-2-6-16(24)13-15/h2-3,5-6,8-11,13,17H,4,7,12,14H2,1H3. The number of benzene rings is 3. The van der Waals surface area contributed by atoms with Crippen LogP contribution in [0, 0.1) is 5.82 Å². The first-order chi connectivity index (χ1) is 14.4. The first-order valence-corrected chi connectivity index (χ1v) is 11.4. The lowest BCUT2D eigenvalue weighted by Crippen LogP contribution is -2.36. The van der Waals surface area contributed by atoms with E-state index >= 15 is 0 Å². The molecule has 3 aromatic carbocycles. The lowest BCUT2D eigenvalue weighted by Gasteiger charge is -2.25. The Morgan fingerprint density at radius 1 is 1.10 bits per heavy atom. The van der Waals surface area contributed by atoms with Crippen LogP contribution < -0.4 is 4.90 Å². The highest BCUT2D eigenvalue weighted by Crippen LogP contribution is 2.41. The number of anilines is 1. The molecule has 0 aromatic heterocycles. The van der Waals surface area contributed by atoms with Gasteiger partial charge in [0.25, 0.3) is 5.91 Å². The van der Waals surface area contributed by atoms with Crippen molar-refractivity contribution in [3.8, 4) is 0 Å². The molecule has 30 heavy (non-hydrogen) atoms. The predicted octanol–water partition coefficient (Wildman–Crippen LogP) is 3.96. The molecule has 2 aliphatic heterocycles. The van der Waals surface area contributed by atoms with Crippen molar-refractivity contribution in [3.05, 3.63) is 71.5 Å². The summed E-state index contributed by atoms with van der Waals surface area (Å²) in [4.78, 5) is 14.3. The third kappa shape index (κ3) is 2.84. The minimum atomic E-state index is -3.78. The SMILES string of the molecule is CN1C(=O)c2cccc3c(S(=O)(=O)N4CCCC4Cc4cccc(F)c4)ccc1c23. The fourth-order valence-electron chi connectivity index (χ4n) is 4.73. The maximum atomic E-state index is 13.7.